The molecule has 3 heterocycles. The fourth-order valence-electron chi connectivity index (χ4n) is 2.61. The number of benzene rings is 1. The van der Waals surface area contributed by atoms with Crippen LogP contribution >= 0.6 is 22.9 Å². The molecule has 5 nitrogen and oxygen atoms in total. The van der Waals surface area contributed by atoms with Crippen LogP contribution in [0.3, 0.4) is 0 Å². The Morgan fingerprint density at radius 3 is 2.70 bits per heavy atom. The highest BCUT2D eigenvalue weighted by Gasteiger charge is 2.15. The number of nitrogens with zero attached hydrogens (tertiary/aromatic N) is 1. The van der Waals surface area contributed by atoms with Crippen LogP contribution in [-0.4, -0.2) is 10.9 Å². The maximum Gasteiger partial charge on any atom is 0.287 e. The number of furan rings is 2. The smallest absolute Gasteiger partial charge is 0.287 e. The van der Waals surface area contributed by atoms with Crippen LogP contribution in [0.25, 0.3) is 22.8 Å². The Morgan fingerprint density at radius 1 is 1.11 bits per heavy atom. The molecule has 136 valence electrons. The maximum atomic E-state index is 12.3. The number of hydrogen-bond acceptors (Lipinski definition) is 5. The van der Waals surface area contributed by atoms with Crippen LogP contribution in [-0.2, 0) is 6.54 Å². The Bertz CT molecular complexity index is 1100. The molecule has 0 aliphatic heterocycles. The molecular formula is C20H15ClN2O3S. The molecule has 1 amide bonds. The van der Waals surface area contributed by atoms with Gasteiger partial charge in [0, 0.05) is 10.9 Å². The first kappa shape index (κ1) is 17.6. The van der Waals surface area contributed by atoms with Crippen LogP contribution < -0.4 is 5.32 Å². The van der Waals surface area contributed by atoms with Gasteiger partial charge in [-0.25, -0.2) is 4.98 Å². The van der Waals surface area contributed by atoms with Crippen molar-refractivity contribution >= 4 is 28.8 Å². The van der Waals surface area contributed by atoms with Crippen molar-refractivity contribution in [3.8, 4) is 22.8 Å². The number of hydrogen-bond donors (Lipinski definition) is 1. The minimum absolute atomic E-state index is 0.215. The molecule has 0 aliphatic carbocycles. The average molecular weight is 399 g/mol. The van der Waals surface area contributed by atoms with Gasteiger partial charge in [-0.1, -0.05) is 23.7 Å². The van der Waals surface area contributed by atoms with E-state index in [0.29, 0.717) is 22.3 Å². The quantitative estimate of drug-likeness (QED) is 0.478. The Labute approximate surface area is 164 Å². The molecule has 0 unspecified atom stereocenters. The zero-order chi connectivity index (χ0) is 18.8. The van der Waals surface area contributed by atoms with Crippen LogP contribution in [0, 0.1) is 6.92 Å². The number of rotatable bonds is 5. The lowest BCUT2D eigenvalue weighted by atomic mass is 10.2. The summed E-state index contributed by atoms with van der Waals surface area (Å²) in [4.78, 5) is 16.7. The molecule has 27 heavy (non-hydrogen) atoms. The van der Waals surface area contributed by atoms with Crippen molar-refractivity contribution in [3.63, 3.8) is 0 Å². The summed E-state index contributed by atoms with van der Waals surface area (Å²) in [6.07, 6.45) is 0. The van der Waals surface area contributed by atoms with Gasteiger partial charge in [-0.3, -0.25) is 4.79 Å². The van der Waals surface area contributed by atoms with Gasteiger partial charge in [-0.05, 0) is 43.3 Å². The second-order valence-corrected chi connectivity index (χ2v) is 7.31. The summed E-state index contributed by atoms with van der Waals surface area (Å²) >= 11 is 7.73. The topological polar surface area (TPSA) is 68.3 Å². The van der Waals surface area contributed by atoms with Gasteiger partial charge >= 0.3 is 0 Å². The Hall–Kier alpha value is -2.83. The van der Waals surface area contributed by atoms with E-state index in [1.165, 1.54) is 0 Å². The van der Waals surface area contributed by atoms with Gasteiger partial charge in [0.05, 0.1) is 16.6 Å². The van der Waals surface area contributed by atoms with Crippen LogP contribution in [0.5, 0.6) is 0 Å². The van der Waals surface area contributed by atoms with E-state index in [0.717, 1.165) is 16.3 Å². The molecule has 0 aliphatic rings. The van der Waals surface area contributed by atoms with Crippen LogP contribution in [0.1, 0.15) is 21.3 Å². The predicted octanol–water partition coefficient (Wildman–Crippen LogP) is 5.55. The van der Waals surface area contributed by atoms with E-state index in [1.54, 1.807) is 29.5 Å². The summed E-state index contributed by atoms with van der Waals surface area (Å²) in [5.41, 5.74) is 1.54. The molecule has 3 aromatic heterocycles. The average Bonchev–Trinajstić information content (AvgIpc) is 3.40. The fourth-order valence-corrected chi connectivity index (χ4v) is 3.44. The van der Waals surface area contributed by atoms with E-state index in [2.05, 4.69) is 10.3 Å². The number of aromatic nitrogens is 1. The Balaban J connectivity index is 1.42. The fraction of sp³-hybridized carbons (Fsp3) is 0.100. The maximum absolute atomic E-state index is 12.3. The number of aryl methyl sites for hydroxylation is 1. The number of carbonyl (C=O) groups excluding carboxylic acids is 1. The molecule has 0 saturated carbocycles. The largest absolute Gasteiger partial charge is 0.458 e. The normalized spacial score (nSPS) is 10.9. The molecule has 0 atom stereocenters. The first-order chi connectivity index (χ1) is 13.1. The van der Waals surface area contributed by atoms with E-state index in [1.807, 2.05) is 42.6 Å². The molecule has 1 aromatic carbocycles. The molecular weight excluding hydrogens is 384 g/mol. The Kier molecular flexibility index (Phi) is 4.83. The summed E-state index contributed by atoms with van der Waals surface area (Å²) in [6, 6.07) is 14.3. The van der Waals surface area contributed by atoms with Gasteiger partial charge in [0.2, 0.25) is 0 Å². The monoisotopic (exact) mass is 398 g/mol. The van der Waals surface area contributed by atoms with Crippen molar-refractivity contribution in [2.24, 2.45) is 0 Å². The third-order valence-electron chi connectivity index (χ3n) is 3.93. The van der Waals surface area contributed by atoms with Crippen molar-refractivity contribution in [3.05, 3.63) is 75.5 Å². The van der Waals surface area contributed by atoms with Crippen molar-refractivity contribution in [1.82, 2.24) is 10.3 Å². The zero-order valence-electron chi connectivity index (χ0n) is 14.4. The number of halogens is 1. The molecule has 1 N–H and O–H groups in total. The summed E-state index contributed by atoms with van der Waals surface area (Å²) in [7, 11) is 0. The molecule has 4 aromatic rings. The molecule has 7 heteroatoms. The molecule has 0 bridgehead atoms. The first-order valence-electron chi connectivity index (χ1n) is 8.24. The van der Waals surface area contributed by atoms with Gasteiger partial charge < -0.3 is 14.2 Å². The predicted molar refractivity (Wildman–Crippen MR) is 105 cm³/mol. The highest BCUT2D eigenvalue weighted by Crippen LogP contribution is 2.29. The SMILES string of the molecule is Cc1nc(-c2ccc(CNC(=O)c3ccc(-c4ccccc4Cl)o3)o2)cs1. The number of thiazole rings is 1. The summed E-state index contributed by atoms with van der Waals surface area (Å²) in [5.74, 6) is 1.76. The van der Waals surface area contributed by atoms with Gasteiger partial charge in [0.1, 0.15) is 17.2 Å². The van der Waals surface area contributed by atoms with Gasteiger partial charge in [-0.15, -0.1) is 11.3 Å². The first-order valence-corrected chi connectivity index (χ1v) is 9.50. The van der Waals surface area contributed by atoms with E-state index in [4.69, 9.17) is 20.4 Å². The highest BCUT2D eigenvalue weighted by atomic mass is 35.5. The van der Waals surface area contributed by atoms with Crippen molar-refractivity contribution in [2.45, 2.75) is 13.5 Å². The highest BCUT2D eigenvalue weighted by molar-refractivity contribution is 7.09. The standard InChI is InChI=1S/C20H15ClN2O3S/c1-12-23-16(11-27-12)18-7-6-13(25-18)10-22-20(24)19-9-8-17(26-19)14-4-2-3-5-15(14)21/h2-9,11H,10H2,1H3,(H,22,24). The number of carbonyl (C=O) groups is 1. The van der Waals surface area contributed by atoms with E-state index >= 15 is 0 Å². The zero-order valence-corrected chi connectivity index (χ0v) is 15.9. The second kappa shape index (κ2) is 7.42. The lowest BCUT2D eigenvalue weighted by Gasteiger charge is -2.02. The third kappa shape index (κ3) is 3.82. The minimum atomic E-state index is -0.323. The Morgan fingerprint density at radius 2 is 1.93 bits per heavy atom. The van der Waals surface area contributed by atoms with E-state index in [9.17, 15) is 4.79 Å². The second-order valence-electron chi connectivity index (χ2n) is 5.84. The van der Waals surface area contributed by atoms with Crippen LogP contribution in [0.15, 0.2) is 62.7 Å². The number of nitrogens with one attached hydrogen (secondary N) is 1. The summed E-state index contributed by atoms with van der Waals surface area (Å²) in [5, 5.41) is 6.27. The van der Waals surface area contributed by atoms with Gasteiger partial charge in [-0.2, -0.15) is 0 Å². The molecule has 0 saturated heterocycles. The lowest BCUT2D eigenvalue weighted by molar-refractivity contribution is 0.0921. The summed E-state index contributed by atoms with van der Waals surface area (Å²) in [6.45, 7) is 2.20. The molecule has 0 fully saturated rings. The van der Waals surface area contributed by atoms with Crippen molar-refractivity contribution < 1.29 is 13.6 Å². The van der Waals surface area contributed by atoms with Gasteiger partial charge in [0.25, 0.3) is 5.91 Å². The number of amides is 1. The van der Waals surface area contributed by atoms with Crippen molar-refractivity contribution in [2.75, 3.05) is 0 Å². The molecule has 0 spiro atoms. The van der Waals surface area contributed by atoms with E-state index < -0.39 is 0 Å². The van der Waals surface area contributed by atoms with Crippen LogP contribution in [0.4, 0.5) is 0 Å². The van der Waals surface area contributed by atoms with Crippen LogP contribution in [0.2, 0.25) is 5.02 Å². The molecule has 4 rings (SSSR count). The molecule has 0 radical (unpaired) electrons. The third-order valence-corrected chi connectivity index (χ3v) is 5.03. The van der Waals surface area contributed by atoms with E-state index in [-0.39, 0.29) is 18.2 Å². The van der Waals surface area contributed by atoms with Gasteiger partial charge in [0.15, 0.2) is 11.5 Å². The minimum Gasteiger partial charge on any atom is -0.458 e. The lowest BCUT2D eigenvalue weighted by Crippen LogP contribution is -2.21. The van der Waals surface area contributed by atoms with Crippen molar-refractivity contribution in [1.29, 1.82) is 0 Å². The summed E-state index contributed by atoms with van der Waals surface area (Å²) < 4.78 is 11.4.